The van der Waals surface area contributed by atoms with E-state index in [2.05, 4.69) is 24.2 Å². The van der Waals surface area contributed by atoms with E-state index in [-0.39, 0.29) is 5.82 Å². The molecule has 1 heterocycles. The van der Waals surface area contributed by atoms with Gasteiger partial charge in [0.15, 0.2) is 6.29 Å². The molecular formula is C14H16FN3O. The van der Waals surface area contributed by atoms with E-state index in [0.29, 0.717) is 24.4 Å². The van der Waals surface area contributed by atoms with Gasteiger partial charge in [-0.2, -0.15) is 0 Å². The van der Waals surface area contributed by atoms with Gasteiger partial charge in [0, 0.05) is 0 Å². The van der Waals surface area contributed by atoms with Gasteiger partial charge in [-0.25, -0.2) is 9.07 Å². The first kappa shape index (κ1) is 13.4. The van der Waals surface area contributed by atoms with Crippen molar-refractivity contribution in [1.82, 2.24) is 15.0 Å². The molecule has 100 valence electrons. The molecule has 0 amide bonds. The van der Waals surface area contributed by atoms with E-state index in [1.165, 1.54) is 12.1 Å². The normalized spacial score (nSPS) is 10.9. The lowest BCUT2D eigenvalue weighted by Crippen LogP contribution is -2.10. The fraction of sp³-hybridized carbons (Fsp3) is 0.357. The monoisotopic (exact) mass is 261 g/mol. The van der Waals surface area contributed by atoms with Gasteiger partial charge >= 0.3 is 0 Å². The van der Waals surface area contributed by atoms with Gasteiger partial charge in [-0.3, -0.25) is 4.79 Å². The second-order valence-electron chi connectivity index (χ2n) is 4.92. The molecule has 0 radical (unpaired) electrons. The minimum Gasteiger partial charge on any atom is -0.296 e. The minimum absolute atomic E-state index is 0.279. The number of benzene rings is 1. The summed E-state index contributed by atoms with van der Waals surface area (Å²) < 4.78 is 14.8. The summed E-state index contributed by atoms with van der Waals surface area (Å²) in [6.07, 6.45) is 1.43. The Bertz CT molecular complexity index is 578. The number of aldehydes is 1. The zero-order valence-corrected chi connectivity index (χ0v) is 11.0. The summed E-state index contributed by atoms with van der Waals surface area (Å²) in [7, 11) is 0. The molecule has 4 nitrogen and oxygen atoms in total. The molecule has 1 aromatic carbocycles. The Morgan fingerprint density at radius 3 is 2.84 bits per heavy atom. The van der Waals surface area contributed by atoms with E-state index in [1.807, 2.05) is 6.07 Å². The SMILES string of the molecule is CC(C)Cc1c(C=O)nnn1Cc1cccc(F)c1. The van der Waals surface area contributed by atoms with Gasteiger partial charge in [0.25, 0.3) is 0 Å². The molecule has 5 heteroatoms. The number of nitrogens with zero attached hydrogens (tertiary/aromatic N) is 3. The Hall–Kier alpha value is -2.04. The smallest absolute Gasteiger partial charge is 0.172 e. The molecule has 0 atom stereocenters. The molecule has 0 fully saturated rings. The van der Waals surface area contributed by atoms with Gasteiger partial charge in [0.1, 0.15) is 11.5 Å². The lowest BCUT2D eigenvalue weighted by molar-refractivity contribution is 0.111. The van der Waals surface area contributed by atoms with Crippen LogP contribution in [-0.4, -0.2) is 21.3 Å². The summed E-state index contributed by atoms with van der Waals surface area (Å²) in [6, 6.07) is 6.34. The molecule has 0 aliphatic rings. The van der Waals surface area contributed by atoms with Gasteiger partial charge in [0.2, 0.25) is 0 Å². The van der Waals surface area contributed by atoms with Gasteiger partial charge in [-0.05, 0) is 30.0 Å². The molecule has 0 spiro atoms. The molecule has 0 saturated carbocycles. The highest BCUT2D eigenvalue weighted by Gasteiger charge is 2.14. The van der Waals surface area contributed by atoms with Crippen molar-refractivity contribution in [1.29, 1.82) is 0 Å². The predicted molar refractivity (Wildman–Crippen MR) is 69.5 cm³/mol. The third-order valence-corrected chi connectivity index (χ3v) is 2.80. The van der Waals surface area contributed by atoms with E-state index < -0.39 is 0 Å². The third-order valence-electron chi connectivity index (χ3n) is 2.80. The molecule has 0 aliphatic carbocycles. The number of rotatable bonds is 5. The first-order valence-corrected chi connectivity index (χ1v) is 6.22. The largest absolute Gasteiger partial charge is 0.296 e. The number of carbonyl (C=O) groups is 1. The number of aromatic nitrogens is 3. The van der Waals surface area contributed by atoms with Crippen LogP contribution in [-0.2, 0) is 13.0 Å². The second-order valence-corrected chi connectivity index (χ2v) is 4.92. The van der Waals surface area contributed by atoms with Crippen LogP contribution in [0.25, 0.3) is 0 Å². The Balaban J connectivity index is 2.29. The van der Waals surface area contributed by atoms with Gasteiger partial charge < -0.3 is 0 Å². The maximum Gasteiger partial charge on any atom is 0.172 e. The van der Waals surface area contributed by atoms with Crippen molar-refractivity contribution in [3.63, 3.8) is 0 Å². The standard InChI is InChI=1S/C14H16FN3O/c1-10(2)6-14-13(9-19)16-17-18(14)8-11-4-3-5-12(15)7-11/h3-5,7,9-10H,6,8H2,1-2H3. The highest BCUT2D eigenvalue weighted by molar-refractivity contribution is 5.73. The van der Waals surface area contributed by atoms with Crippen LogP contribution in [0.4, 0.5) is 4.39 Å². The topological polar surface area (TPSA) is 47.8 Å². The molecule has 0 N–H and O–H groups in total. The Labute approximate surface area is 111 Å². The van der Waals surface area contributed by atoms with E-state index in [0.717, 1.165) is 17.7 Å². The molecule has 1 aromatic heterocycles. The van der Waals surface area contributed by atoms with Gasteiger partial charge in [0.05, 0.1) is 12.2 Å². The summed E-state index contributed by atoms with van der Waals surface area (Å²) in [6.45, 7) is 4.54. The van der Waals surface area contributed by atoms with Gasteiger partial charge in [-0.1, -0.05) is 31.2 Å². The molecule has 2 rings (SSSR count). The van der Waals surface area contributed by atoms with Crippen LogP contribution in [0.15, 0.2) is 24.3 Å². The van der Waals surface area contributed by atoms with E-state index in [1.54, 1.807) is 10.7 Å². The molecule has 2 aromatic rings. The zero-order chi connectivity index (χ0) is 13.8. The van der Waals surface area contributed by atoms with E-state index >= 15 is 0 Å². The summed E-state index contributed by atoms with van der Waals surface area (Å²) in [5.74, 6) is 0.113. The third kappa shape index (κ3) is 3.24. The van der Waals surface area contributed by atoms with Crippen LogP contribution in [0, 0.1) is 11.7 Å². The van der Waals surface area contributed by atoms with Gasteiger partial charge in [-0.15, -0.1) is 5.10 Å². The predicted octanol–water partition coefficient (Wildman–Crippen LogP) is 2.48. The Kier molecular flexibility index (Phi) is 4.04. The zero-order valence-electron chi connectivity index (χ0n) is 11.0. The van der Waals surface area contributed by atoms with Crippen LogP contribution in [0.3, 0.4) is 0 Å². The average molecular weight is 261 g/mol. The van der Waals surface area contributed by atoms with Crippen molar-refractivity contribution in [3.8, 4) is 0 Å². The molecule has 0 aliphatic heterocycles. The van der Waals surface area contributed by atoms with Crippen molar-refractivity contribution in [2.24, 2.45) is 5.92 Å². The van der Waals surface area contributed by atoms with Crippen LogP contribution in [0.1, 0.15) is 35.6 Å². The van der Waals surface area contributed by atoms with Crippen LogP contribution < -0.4 is 0 Å². The number of halogens is 1. The summed E-state index contributed by atoms with van der Waals surface area (Å²) in [5, 5.41) is 7.84. The minimum atomic E-state index is -0.279. The maximum absolute atomic E-state index is 13.2. The summed E-state index contributed by atoms with van der Waals surface area (Å²) >= 11 is 0. The van der Waals surface area contributed by atoms with Crippen molar-refractivity contribution in [2.75, 3.05) is 0 Å². The van der Waals surface area contributed by atoms with Crippen molar-refractivity contribution in [3.05, 3.63) is 47.0 Å². The Morgan fingerprint density at radius 1 is 1.42 bits per heavy atom. The molecule has 0 bridgehead atoms. The van der Waals surface area contributed by atoms with Crippen LogP contribution >= 0.6 is 0 Å². The number of carbonyl (C=O) groups excluding carboxylic acids is 1. The van der Waals surface area contributed by atoms with Crippen molar-refractivity contribution < 1.29 is 9.18 Å². The molecule has 0 unspecified atom stereocenters. The highest BCUT2D eigenvalue weighted by atomic mass is 19.1. The summed E-state index contributed by atoms with van der Waals surface area (Å²) in [5.41, 5.74) is 1.96. The summed E-state index contributed by atoms with van der Waals surface area (Å²) in [4.78, 5) is 11.0. The number of hydrogen-bond acceptors (Lipinski definition) is 3. The van der Waals surface area contributed by atoms with Crippen LogP contribution in [0.2, 0.25) is 0 Å². The highest BCUT2D eigenvalue weighted by Crippen LogP contribution is 2.13. The van der Waals surface area contributed by atoms with E-state index in [4.69, 9.17) is 0 Å². The maximum atomic E-state index is 13.2. The molecule has 0 saturated heterocycles. The van der Waals surface area contributed by atoms with E-state index in [9.17, 15) is 9.18 Å². The quantitative estimate of drug-likeness (QED) is 0.777. The van der Waals surface area contributed by atoms with Crippen molar-refractivity contribution in [2.45, 2.75) is 26.8 Å². The molecule has 19 heavy (non-hydrogen) atoms. The first-order chi connectivity index (χ1) is 9.10. The lowest BCUT2D eigenvalue weighted by Gasteiger charge is -2.09. The Morgan fingerprint density at radius 2 is 2.21 bits per heavy atom. The first-order valence-electron chi connectivity index (χ1n) is 6.22. The fourth-order valence-corrected chi connectivity index (χ4v) is 1.97. The average Bonchev–Trinajstić information content (AvgIpc) is 2.71. The van der Waals surface area contributed by atoms with Crippen LogP contribution in [0.5, 0.6) is 0 Å². The second kappa shape index (κ2) is 5.73. The molecular weight excluding hydrogens is 245 g/mol. The van der Waals surface area contributed by atoms with Crippen molar-refractivity contribution >= 4 is 6.29 Å². The number of hydrogen-bond donors (Lipinski definition) is 0. The lowest BCUT2D eigenvalue weighted by atomic mass is 10.1. The fourth-order valence-electron chi connectivity index (χ4n) is 1.97.